The van der Waals surface area contributed by atoms with Crippen LogP contribution in [0.5, 0.6) is 5.75 Å². The second kappa shape index (κ2) is 9.08. The van der Waals surface area contributed by atoms with E-state index in [2.05, 4.69) is 52.5 Å². The summed E-state index contributed by atoms with van der Waals surface area (Å²) in [6.45, 7) is 3.61. The molecule has 0 spiro atoms. The maximum absolute atomic E-state index is 11.8. The van der Waals surface area contributed by atoms with Gasteiger partial charge in [0, 0.05) is 18.5 Å². The second-order valence-electron chi connectivity index (χ2n) is 8.55. The van der Waals surface area contributed by atoms with Crippen molar-refractivity contribution in [2.75, 3.05) is 25.4 Å². The summed E-state index contributed by atoms with van der Waals surface area (Å²) in [6, 6.07) is 17.8. The van der Waals surface area contributed by atoms with Crippen molar-refractivity contribution in [1.29, 1.82) is 0 Å². The molecule has 2 aliphatic rings. The van der Waals surface area contributed by atoms with Gasteiger partial charge in [0.2, 0.25) is 10.0 Å². The Hall–Kier alpha value is -1.89. The number of ether oxygens (including phenoxy) is 1. The first-order valence-corrected chi connectivity index (χ1v) is 12.8. The normalized spacial score (nSPS) is 20.2. The molecule has 3 N–H and O–H groups in total. The van der Waals surface area contributed by atoms with E-state index in [0.717, 1.165) is 18.7 Å². The summed E-state index contributed by atoms with van der Waals surface area (Å²) < 4.78 is 32.1. The van der Waals surface area contributed by atoms with E-state index >= 15 is 0 Å². The lowest BCUT2D eigenvalue weighted by Crippen LogP contribution is -2.91. The molecule has 1 aliphatic heterocycles. The topological polar surface area (TPSA) is 72.0 Å². The molecule has 1 heterocycles. The SMILES string of the molecule is CCCS(=O)(=O)NCCOc1ccc2c(c1)C(C1(c3ccccc3)CCC1)[NH2+]CC2. The Balaban J connectivity index is 1.50. The molecular weight excluding hydrogens is 396 g/mol. The zero-order valence-corrected chi connectivity index (χ0v) is 18.6. The highest BCUT2D eigenvalue weighted by Gasteiger charge is 2.50. The third-order valence-corrected chi connectivity index (χ3v) is 8.21. The summed E-state index contributed by atoms with van der Waals surface area (Å²) >= 11 is 0. The fourth-order valence-corrected chi connectivity index (χ4v) is 6.13. The van der Waals surface area contributed by atoms with Crippen LogP contribution >= 0.6 is 0 Å². The van der Waals surface area contributed by atoms with Crippen molar-refractivity contribution >= 4 is 10.0 Å². The van der Waals surface area contributed by atoms with Crippen LogP contribution in [0.1, 0.15) is 55.3 Å². The van der Waals surface area contributed by atoms with Crippen molar-refractivity contribution in [1.82, 2.24) is 4.72 Å². The van der Waals surface area contributed by atoms with Crippen LogP contribution in [-0.4, -0.2) is 33.9 Å². The molecule has 1 unspecified atom stereocenters. The van der Waals surface area contributed by atoms with E-state index in [1.807, 2.05) is 13.0 Å². The lowest BCUT2D eigenvalue weighted by molar-refractivity contribution is -0.710. The molecule has 162 valence electrons. The van der Waals surface area contributed by atoms with Gasteiger partial charge in [-0.3, -0.25) is 0 Å². The van der Waals surface area contributed by atoms with E-state index in [0.29, 0.717) is 25.6 Å². The molecule has 4 rings (SSSR count). The van der Waals surface area contributed by atoms with Crippen molar-refractivity contribution in [3.63, 3.8) is 0 Å². The van der Waals surface area contributed by atoms with E-state index in [4.69, 9.17) is 4.74 Å². The van der Waals surface area contributed by atoms with E-state index in [1.54, 1.807) is 0 Å². The molecule has 30 heavy (non-hydrogen) atoms. The van der Waals surface area contributed by atoms with Gasteiger partial charge in [0.25, 0.3) is 0 Å². The van der Waals surface area contributed by atoms with Gasteiger partial charge in [-0.2, -0.15) is 0 Å². The van der Waals surface area contributed by atoms with Crippen LogP contribution < -0.4 is 14.8 Å². The van der Waals surface area contributed by atoms with Crippen LogP contribution in [0.2, 0.25) is 0 Å². The Kier molecular flexibility index (Phi) is 6.46. The summed E-state index contributed by atoms with van der Waals surface area (Å²) in [5, 5.41) is 2.51. The number of quaternary nitrogens is 1. The average molecular weight is 430 g/mol. The summed E-state index contributed by atoms with van der Waals surface area (Å²) in [5.74, 6) is 0.983. The van der Waals surface area contributed by atoms with E-state index in [9.17, 15) is 8.42 Å². The predicted molar refractivity (Wildman–Crippen MR) is 119 cm³/mol. The summed E-state index contributed by atoms with van der Waals surface area (Å²) in [6.07, 6.45) is 5.42. The van der Waals surface area contributed by atoms with E-state index < -0.39 is 10.0 Å². The van der Waals surface area contributed by atoms with E-state index in [-0.39, 0.29) is 11.2 Å². The molecule has 1 atom stereocenters. The first kappa shape index (κ1) is 21.3. The number of benzene rings is 2. The van der Waals surface area contributed by atoms with Crippen molar-refractivity contribution in [2.45, 2.75) is 50.5 Å². The summed E-state index contributed by atoms with van der Waals surface area (Å²) in [5.41, 5.74) is 4.45. The number of hydrogen-bond donors (Lipinski definition) is 2. The van der Waals surface area contributed by atoms with Crippen LogP contribution in [0.3, 0.4) is 0 Å². The van der Waals surface area contributed by atoms with Gasteiger partial charge in [0.1, 0.15) is 18.4 Å². The van der Waals surface area contributed by atoms with Gasteiger partial charge >= 0.3 is 0 Å². The molecule has 1 saturated carbocycles. The van der Waals surface area contributed by atoms with Gasteiger partial charge < -0.3 is 10.1 Å². The molecule has 0 amide bonds. The fraction of sp³-hybridized carbons (Fsp3) is 0.500. The van der Waals surface area contributed by atoms with Crippen LogP contribution in [0.4, 0.5) is 0 Å². The zero-order chi connectivity index (χ0) is 21.0. The first-order chi connectivity index (χ1) is 14.5. The maximum Gasteiger partial charge on any atom is 0.211 e. The largest absolute Gasteiger partial charge is 0.492 e. The monoisotopic (exact) mass is 429 g/mol. The molecule has 1 aliphatic carbocycles. The van der Waals surface area contributed by atoms with Gasteiger partial charge in [0.05, 0.1) is 17.7 Å². The molecule has 2 aromatic rings. The highest BCUT2D eigenvalue weighted by atomic mass is 32.2. The Morgan fingerprint density at radius 2 is 1.97 bits per heavy atom. The minimum absolute atomic E-state index is 0.158. The number of sulfonamides is 1. The van der Waals surface area contributed by atoms with Crippen LogP contribution in [-0.2, 0) is 21.9 Å². The Morgan fingerprint density at radius 1 is 1.17 bits per heavy atom. The van der Waals surface area contributed by atoms with Crippen LogP contribution in [0.15, 0.2) is 48.5 Å². The maximum atomic E-state index is 11.8. The number of rotatable bonds is 9. The van der Waals surface area contributed by atoms with Gasteiger partial charge in [0.15, 0.2) is 0 Å². The number of hydrogen-bond acceptors (Lipinski definition) is 3. The van der Waals surface area contributed by atoms with E-state index in [1.165, 1.54) is 36.0 Å². The number of fused-ring (bicyclic) bond motifs is 1. The highest BCUT2D eigenvalue weighted by molar-refractivity contribution is 7.89. The Bertz CT molecular complexity index is 956. The molecular formula is C24H33N2O3S+. The van der Waals surface area contributed by atoms with Gasteiger partial charge in [-0.25, -0.2) is 13.1 Å². The molecule has 0 aromatic heterocycles. The fourth-order valence-electron chi connectivity index (χ4n) is 5.05. The quantitative estimate of drug-likeness (QED) is 0.602. The smallest absolute Gasteiger partial charge is 0.211 e. The molecule has 2 aromatic carbocycles. The lowest BCUT2D eigenvalue weighted by atomic mass is 9.58. The summed E-state index contributed by atoms with van der Waals surface area (Å²) in [4.78, 5) is 0. The molecule has 0 radical (unpaired) electrons. The third kappa shape index (κ3) is 4.41. The molecule has 6 heteroatoms. The second-order valence-corrected chi connectivity index (χ2v) is 10.5. The predicted octanol–water partition coefficient (Wildman–Crippen LogP) is 2.68. The van der Waals surface area contributed by atoms with Crippen molar-refractivity contribution < 1.29 is 18.5 Å². The van der Waals surface area contributed by atoms with Crippen LogP contribution in [0, 0.1) is 0 Å². The molecule has 1 fully saturated rings. The highest BCUT2D eigenvalue weighted by Crippen LogP contribution is 2.51. The number of nitrogens with two attached hydrogens (primary N) is 1. The lowest BCUT2D eigenvalue weighted by Gasteiger charge is -2.48. The average Bonchev–Trinajstić information content (AvgIpc) is 2.71. The van der Waals surface area contributed by atoms with Gasteiger partial charge in [-0.15, -0.1) is 0 Å². The zero-order valence-electron chi connectivity index (χ0n) is 17.8. The summed E-state index contributed by atoms with van der Waals surface area (Å²) in [7, 11) is -3.19. The Labute approximate surface area is 180 Å². The molecule has 5 nitrogen and oxygen atoms in total. The minimum Gasteiger partial charge on any atom is -0.492 e. The third-order valence-electron chi connectivity index (χ3n) is 6.62. The Morgan fingerprint density at radius 3 is 2.67 bits per heavy atom. The van der Waals surface area contributed by atoms with Crippen molar-refractivity contribution in [2.24, 2.45) is 0 Å². The number of nitrogens with one attached hydrogen (secondary N) is 1. The van der Waals surface area contributed by atoms with Gasteiger partial charge in [-0.05, 0) is 42.5 Å². The van der Waals surface area contributed by atoms with Crippen LogP contribution in [0.25, 0.3) is 0 Å². The van der Waals surface area contributed by atoms with Gasteiger partial charge in [-0.1, -0.05) is 49.7 Å². The van der Waals surface area contributed by atoms with Crippen molar-refractivity contribution in [3.8, 4) is 5.75 Å². The molecule has 0 saturated heterocycles. The molecule has 0 bridgehead atoms. The standard InChI is InChI=1S/C24H32N2O3S/c1-2-17-30(27,28)26-15-16-29-21-10-9-19-11-14-25-23(22(19)18-21)24(12-6-13-24)20-7-4-3-5-8-20/h3-5,7-10,18,23,25-26H,2,6,11-17H2,1H3/p+1. The first-order valence-electron chi connectivity index (χ1n) is 11.2. The van der Waals surface area contributed by atoms with Crippen molar-refractivity contribution in [3.05, 3.63) is 65.2 Å². The minimum atomic E-state index is -3.19.